The maximum absolute atomic E-state index is 12.7. The molecule has 2 aliphatic heterocycles. The predicted octanol–water partition coefficient (Wildman–Crippen LogP) is 2.73. The lowest BCUT2D eigenvalue weighted by Crippen LogP contribution is -2.47. The average Bonchev–Trinajstić information content (AvgIpc) is 3.27. The Balaban J connectivity index is 1.36. The summed E-state index contributed by atoms with van der Waals surface area (Å²) in [5.74, 6) is 0.236. The molecule has 2 aliphatic rings. The first-order chi connectivity index (χ1) is 12.2. The third-order valence-corrected chi connectivity index (χ3v) is 5.60. The van der Waals surface area contributed by atoms with Crippen LogP contribution in [0.15, 0.2) is 47.5 Å². The lowest BCUT2D eigenvalue weighted by molar-refractivity contribution is -0.133. The number of hydrogen-bond donors (Lipinski definition) is 0. The number of pyridine rings is 1. The van der Waals surface area contributed by atoms with Crippen molar-refractivity contribution >= 4 is 5.91 Å². The molecular weight excluding hydrogens is 314 g/mol. The Morgan fingerprint density at radius 2 is 2.16 bits per heavy atom. The Labute approximate surface area is 148 Å². The number of amides is 1. The van der Waals surface area contributed by atoms with Crippen LogP contribution in [0.5, 0.6) is 0 Å². The van der Waals surface area contributed by atoms with Gasteiger partial charge in [-0.15, -0.1) is 0 Å². The van der Waals surface area contributed by atoms with E-state index in [1.807, 2.05) is 24.5 Å². The van der Waals surface area contributed by atoms with E-state index in [0.29, 0.717) is 6.42 Å². The molecule has 0 aliphatic carbocycles. The number of furan rings is 1. The second-order valence-electron chi connectivity index (χ2n) is 7.55. The zero-order valence-corrected chi connectivity index (χ0v) is 14.6. The highest BCUT2D eigenvalue weighted by atomic mass is 16.3. The highest BCUT2D eigenvalue weighted by molar-refractivity contribution is 5.78. The van der Waals surface area contributed by atoms with Crippen molar-refractivity contribution in [2.75, 3.05) is 26.2 Å². The van der Waals surface area contributed by atoms with Crippen LogP contribution in [-0.2, 0) is 17.8 Å². The monoisotopic (exact) mass is 339 g/mol. The van der Waals surface area contributed by atoms with Crippen LogP contribution < -0.4 is 0 Å². The topological polar surface area (TPSA) is 49.6 Å². The van der Waals surface area contributed by atoms with Gasteiger partial charge in [0, 0.05) is 49.6 Å². The number of carbonyl (C=O) groups excluding carboxylic acids is 1. The van der Waals surface area contributed by atoms with Gasteiger partial charge in [-0.05, 0) is 43.5 Å². The zero-order chi connectivity index (χ0) is 17.1. The molecule has 1 spiro atoms. The second kappa shape index (κ2) is 7.00. The fourth-order valence-corrected chi connectivity index (χ4v) is 4.35. The van der Waals surface area contributed by atoms with E-state index in [0.717, 1.165) is 44.7 Å². The first kappa shape index (κ1) is 16.3. The zero-order valence-electron chi connectivity index (χ0n) is 14.6. The minimum atomic E-state index is 0.236. The molecule has 4 rings (SSSR count). The molecule has 1 atom stereocenters. The summed E-state index contributed by atoms with van der Waals surface area (Å²) in [6.07, 6.45) is 11.1. The molecule has 5 heteroatoms. The van der Waals surface area contributed by atoms with E-state index in [9.17, 15) is 4.79 Å². The molecule has 0 N–H and O–H groups in total. The van der Waals surface area contributed by atoms with Crippen molar-refractivity contribution in [2.45, 2.75) is 32.2 Å². The van der Waals surface area contributed by atoms with Gasteiger partial charge in [-0.3, -0.25) is 14.7 Å². The molecule has 5 nitrogen and oxygen atoms in total. The van der Waals surface area contributed by atoms with Crippen molar-refractivity contribution in [1.29, 1.82) is 0 Å². The van der Waals surface area contributed by atoms with Gasteiger partial charge in [0.25, 0.3) is 0 Å². The summed E-state index contributed by atoms with van der Waals surface area (Å²) >= 11 is 0. The summed E-state index contributed by atoms with van der Waals surface area (Å²) in [5, 5.41) is 0. The van der Waals surface area contributed by atoms with E-state index in [4.69, 9.17) is 4.42 Å². The summed E-state index contributed by atoms with van der Waals surface area (Å²) in [5.41, 5.74) is 2.50. The van der Waals surface area contributed by atoms with Gasteiger partial charge in [-0.1, -0.05) is 6.07 Å². The van der Waals surface area contributed by atoms with Crippen molar-refractivity contribution in [3.05, 3.63) is 54.2 Å². The quantitative estimate of drug-likeness (QED) is 0.859. The van der Waals surface area contributed by atoms with Gasteiger partial charge in [0.2, 0.25) is 5.91 Å². The van der Waals surface area contributed by atoms with Crippen LogP contribution in [0, 0.1) is 5.41 Å². The summed E-state index contributed by atoms with van der Waals surface area (Å²) in [6.45, 7) is 4.92. The van der Waals surface area contributed by atoms with E-state index in [1.54, 1.807) is 18.7 Å². The van der Waals surface area contributed by atoms with Crippen molar-refractivity contribution in [2.24, 2.45) is 5.41 Å². The Kier molecular flexibility index (Phi) is 4.57. The van der Waals surface area contributed by atoms with Crippen molar-refractivity contribution in [1.82, 2.24) is 14.8 Å². The molecule has 132 valence electrons. The smallest absolute Gasteiger partial charge is 0.227 e. The first-order valence-electron chi connectivity index (χ1n) is 9.13. The van der Waals surface area contributed by atoms with Crippen LogP contribution in [0.25, 0.3) is 0 Å². The van der Waals surface area contributed by atoms with Crippen LogP contribution in [-0.4, -0.2) is 46.9 Å². The molecule has 2 fully saturated rings. The molecule has 0 bridgehead atoms. The van der Waals surface area contributed by atoms with Crippen molar-refractivity contribution in [3.8, 4) is 0 Å². The Morgan fingerprint density at radius 1 is 1.20 bits per heavy atom. The number of aromatic nitrogens is 1. The van der Waals surface area contributed by atoms with Crippen LogP contribution in [0.3, 0.4) is 0 Å². The molecule has 0 aromatic carbocycles. The van der Waals surface area contributed by atoms with Gasteiger partial charge in [-0.2, -0.15) is 0 Å². The summed E-state index contributed by atoms with van der Waals surface area (Å²) < 4.78 is 5.18. The molecule has 4 heterocycles. The maximum Gasteiger partial charge on any atom is 0.227 e. The fraction of sp³-hybridized carbons (Fsp3) is 0.500. The lowest BCUT2D eigenvalue weighted by atomic mass is 9.79. The molecule has 2 aromatic heterocycles. The number of rotatable bonds is 4. The van der Waals surface area contributed by atoms with Crippen molar-refractivity contribution < 1.29 is 9.21 Å². The van der Waals surface area contributed by atoms with Gasteiger partial charge in [0.05, 0.1) is 18.9 Å². The molecule has 25 heavy (non-hydrogen) atoms. The number of carbonyl (C=O) groups is 1. The molecular formula is C20H25N3O2. The van der Waals surface area contributed by atoms with Gasteiger partial charge in [-0.25, -0.2) is 0 Å². The largest absolute Gasteiger partial charge is 0.472 e. The van der Waals surface area contributed by atoms with Gasteiger partial charge in [0.1, 0.15) is 0 Å². The molecule has 0 saturated carbocycles. The van der Waals surface area contributed by atoms with E-state index in [1.165, 1.54) is 18.4 Å². The van der Waals surface area contributed by atoms with Crippen LogP contribution in [0.1, 0.15) is 30.4 Å². The maximum atomic E-state index is 12.7. The molecule has 2 saturated heterocycles. The summed E-state index contributed by atoms with van der Waals surface area (Å²) in [7, 11) is 0. The number of nitrogens with zero attached hydrogens (tertiary/aromatic N) is 3. The predicted molar refractivity (Wildman–Crippen MR) is 94.8 cm³/mol. The van der Waals surface area contributed by atoms with E-state index >= 15 is 0 Å². The highest BCUT2D eigenvalue weighted by Gasteiger charge is 2.42. The van der Waals surface area contributed by atoms with E-state index < -0.39 is 0 Å². The van der Waals surface area contributed by atoms with Crippen LogP contribution in [0.2, 0.25) is 0 Å². The summed E-state index contributed by atoms with van der Waals surface area (Å²) in [4.78, 5) is 21.4. The first-order valence-corrected chi connectivity index (χ1v) is 9.13. The SMILES string of the molecule is O=C(Cc1cccnc1)N1CCCC2(CCN(Cc3ccoc3)C2)C1. The standard InChI is InChI=1S/C20H25N3O2/c24-19(11-17-3-1-7-21-12-17)23-8-2-5-20(16-23)6-9-22(15-20)13-18-4-10-25-14-18/h1,3-4,7,10,12,14H,2,5-6,8-9,11,13,15-16H2. The van der Waals surface area contributed by atoms with Crippen molar-refractivity contribution in [3.63, 3.8) is 0 Å². The van der Waals surface area contributed by atoms with Crippen LogP contribution in [0.4, 0.5) is 0 Å². The Hall–Kier alpha value is -2.14. The minimum Gasteiger partial charge on any atom is -0.472 e. The average molecular weight is 339 g/mol. The number of likely N-dealkylation sites (tertiary alicyclic amines) is 2. The Bertz CT molecular complexity index is 701. The Morgan fingerprint density at radius 3 is 2.96 bits per heavy atom. The molecule has 2 aromatic rings. The third kappa shape index (κ3) is 3.76. The third-order valence-electron chi connectivity index (χ3n) is 5.60. The summed E-state index contributed by atoms with van der Waals surface area (Å²) in [6, 6.07) is 5.91. The highest BCUT2D eigenvalue weighted by Crippen LogP contribution is 2.39. The number of piperidine rings is 1. The van der Waals surface area contributed by atoms with E-state index in [2.05, 4.69) is 14.8 Å². The van der Waals surface area contributed by atoms with Gasteiger partial charge < -0.3 is 9.32 Å². The molecule has 1 unspecified atom stereocenters. The van der Waals surface area contributed by atoms with Gasteiger partial charge in [0.15, 0.2) is 0 Å². The second-order valence-corrected chi connectivity index (χ2v) is 7.55. The molecule has 1 amide bonds. The van der Waals surface area contributed by atoms with Gasteiger partial charge >= 0.3 is 0 Å². The van der Waals surface area contributed by atoms with Crippen LogP contribution >= 0.6 is 0 Å². The van der Waals surface area contributed by atoms with E-state index in [-0.39, 0.29) is 11.3 Å². The number of hydrogen-bond acceptors (Lipinski definition) is 4. The lowest BCUT2D eigenvalue weighted by Gasteiger charge is -2.40. The molecule has 0 radical (unpaired) electrons. The minimum absolute atomic E-state index is 0.236. The fourth-order valence-electron chi connectivity index (χ4n) is 4.35. The normalized spacial score (nSPS) is 24.1.